The SMILES string of the molecule is N#CC1(CNC(=O)CCl)C=CC=CC1. The molecular formula is C10H11ClN2O. The molecule has 1 rings (SSSR count). The van der Waals surface area contributed by atoms with Crippen molar-refractivity contribution < 1.29 is 4.79 Å². The van der Waals surface area contributed by atoms with E-state index in [1.807, 2.05) is 24.3 Å². The molecule has 0 aromatic rings. The lowest BCUT2D eigenvalue weighted by Gasteiger charge is -2.23. The minimum Gasteiger partial charge on any atom is -0.353 e. The molecule has 0 aromatic heterocycles. The van der Waals surface area contributed by atoms with Crippen LogP contribution in [0.3, 0.4) is 0 Å². The molecule has 1 atom stereocenters. The number of rotatable bonds is 3. The smallest absolute Gasteiger partial charge is 0.234 e. The number of alkyl halides is 1. The van der Waals surface area contributed by atoms with Gasteiger partial charge in [-0.1, -0.05) is 24.3 Å². The summed E-state index contributed by atoms with van der Waals surface area (Å²) in [6.45, 7) is 0.315. The number of nitrogens with one attached hydrogen (secondary N) is 1. The van der Waals surface area contributed by atoms with Crippen molar-refractivity contribution in [1.29, 1.82) is 5.26 Å². The molecule has 0 saturated heterocycles. The van der Waals surface area contributed by atoms with Gasteiger partial charge in [0.15, 0.2) is 0 Å². The quantitative estimate of drug-likeness (QED) is 0.716. The van der Waals surface area contributed by atoms with E-state index in [-0.39, 0.29) is 11.8 Å². The summed E-state index contributed by atoms with van der Waals surface area (Å²) in [5, 5.41) is 11.6. The highest BCUT2D eigenvalue weighted by Gasteiger charge is 2.27. The number of carbonyl (C=O) groups is 1. The molecule has 1 amide bonds. The van der Waals surface area contributed by atoms with Crippen LogP contribution in [0.25, 0.3) is 0 Å². The summed E-state index contributed by atoms with van der Waals surface area (Å²) in [7, 11) is 0. The van der Waals surface area contributed by atoms with Crippen molar-refractivity contribution in [3.8, 4) is 6.07 Å². The first-order valence-corrected chi connectivity index (χ1v) is 4.84. The lowest BCUT2D eigenvalue weighted by Crippen LogP contribution is -2.36. The van der Waals surface area contributed by atoms with Gasteiger partial charge in [0.25, 0.3) is 0 Å². The molecule has 3 nitrogen and oxygen atoms in total. The van der Waals surface area contributed by atoms with Gasteiger partial charge in [-0.3, -0.25) is 4.79 Å². The van der Waals surface area contributed by atoms with E-state index in [9.17, 15) is 4.79 Å². The van der Waals surface area contributed by atoms with Gasteiger partial charge in [-0.2, -0.15) is 5.26 Å². The molecule has 0 fully saturated rings. The topological polar surface area (TPSA) is 52.9 Å². The summed E-state index contributed by atoms with van der Waals surface area (Å²) in [5.41, 5.74) is -0.601. The van der Waals surface area contributed by atoms with Crippen LogP contribution in [0.1, 0.15) is 6.42 Å². The number of halogens is 1. The van der Waals surface area contributed by atoms with Crippen molar-refractivity contribution in [2.45, 2.75) is 6.42 Å². The van der Waals surface area contributed by atoms with E-state index in [2.05, 4.69) is 11.4 Å². The monoisotopic (exact) mass is 210 g/mol. The molecule has 1 aliphatic rings. The van der Waals surface area contributed by atoms with Gasteiger partial charge >= 0.3 is 0 Å². The average Bonchev–Trinajstić information content (AvgIpc) is 2.27. The summed E-state index contributed by atoms with van der Waals surface area (Å²) in [6.07, 6.45) is 8.05. The molecule has 74 valence electrons. The first-order chi connectivity index (χ1) is 6.72. The van der Waals surface area contributed by atoms with Crippen LogP contribution in [-0.4, -0.2) is 18.3 Å². The Labute approximate surface area is 88.0 Å². The molecular weight excluding hydrogens is 200 g/mol. The van der Waals surface area contributed by atoms with Crippen LogP contribution < -0.4 is 5.32 Å². The van der Waals surface area contributed by atoms with Crippen LogP contribution in [0.5, 0.6) is 0 Å². The van der Waals surface area contributed by atoms with Gasteiger partial charge in [-0.25, -0.2) is 0 Å². The van der Waals surface area contributed by atoms with Gasteiger partial charge in [-0.15, -0.1) is 11.6 Å². The third-order valence-electron chi connectivity index (χ3n) is 2.09. The number of nitrogens with zero attached hydrogens (tertiary/aromatic N) is 1. The minimum absolute atomic E-state index is 0.0684. The molecule has 0 saturated carbocycles. The van der Waals surface area contributed by atoms with Crippen LogP contribution in [-0.2, 0) is 4.79 Å². The molecule has 1 unspecified atom stereocenters. The lowest BCUT2D eigenvalue weighted by molar-refractivity contribution is -0.118. The maximum absolute atomic E-state index is 10.9. The normalized spacial score (nSPS) is 24.3. The van der Waals surface area contributed by atoms with Crippen molar-refractivity contribution in [1.82, 2.24) is 5.32 Å². The molecule has 14 heavy (non-hydrogen) atoms. The maximum Gasteiger partial charge on any atom is 0.234 e. The van der Waals surface area contributed by atoms with Gasteiger partial charge in [0.05, 0.1) is 11.5 Å². The van der Waals surface area contributed by atoms with Crippen LogP contribution in [0.2, 0.25) is 0 Å². The fourth-order valence-corrected chi connectivity index (χ4v) is 1.32. The third kappa shape index (κ3) is 2.61. The second-order valence-corrected chi connectivity index (χ2v) is 3.44. The van der Waals surface area contributed by atoms with E-state index in [1.165, 1.54) is 0 Å². The highest BCUT2D eigenvalue weighted by molar-refractivity contribution is 6.27. The Balaban J connectivity index is 2.56. The fourth-order valence-electron chi connectivity index (χ4n) is 1.22. The summed E-state index contributed by atoms with van der Waals surface area (Å²) in [4.78, 5) is 10.9. The maximum atomic E-state index is 10.9. The van der Waals surface area contributed by atoms with Crippen LogP contribution in [0.15, 0.2) is 24.3 Å². The summed E-state index contributed by atoms with van der Waals surface area (Å²) >= 11 is 5.33. The van der Waals surface area contributed by atoms with E-state index < -0.39 is 5.41 Å². The highest BCUT2D eigenvalue weighted by Crippen LogP contribution is 2.25. The van der Waals surface area contributed by atoms with E-state index in [1.54, 1.807) is 0 Å². The Hall–Kier alpha value is -1.27. The Morgan fingerprint density at radius 3 is 2.93 bits per heavy atom. The average molecular weight is 211 g/mol. The molecule has 0 aromatic carbocycles. The van der Waals surface area contributed by atoms with Gasteiger partial charge in [-0.05, 0) is 6.42 Å². The first-order valence-electron chi connectivity index (χ1n) is 4.31. The summed E-state index contributed by atoms with van der Waals surface area (Å²) in [5.74, 6) is -0.314. The predicted octanol–water partition coefficient (Wildman–Crippen LogP) is 1.37. The molecule has 4 heteroatoms. The number of hydrogen-bond acceptors (Lipinski definition) is 2. The van der Waals surface area contributed by atoms with Gasteiger partial charge in [0.2, 0.25) is 5.91 Å². The van der Waals surface area contributed by atoms with Gasteiger partial charge in [0.1, 0.15) is 5.88 Å². The van der Waals surface area contributed by atoms with E-state index in [0.29, 0.717) is 13.0 Å². The number of hydrogen-bond donors (Lipinski definition) is 1. The molecule has 0 radical (unpaired) electrons. The predicted molar refractivity (Wildman–Crippen MR) is 54.7 cm³/mol. The highest BCUT2D eigenvalue weighted by atomic mass is 35.5. The van der Waals surface area contributed by atoms with Gasteiger partial charge in [0, 0.05) is 6.54 Å². The molecule has 0 spiro atoms. The minimum atomic E-state index is -0.601. The van der Waals surface area contributed by atoms with E-state index in [0.717, 1.165) is 0 Å². The zero-order chi connectivity index (χ0) is 10.4. The number of nitriles is 1. The molecule has 0 heterocycles. The molecule has 0 aliphatic heterocycles. The zero-order valence-corrected chi connectivity index (χ0v) is 8.42. The second kappa shape index (κ2) is 4.83. The summed E-state index contributed by atoms with van der Waals surface area (Å²) < 4.78 is 0. The largest absolute Gasteiger partial charge is 0.353 e. The van der Waals surface area contributed by atoms with Crippen LogP contribution in [0, 0.1) is 16.7 Å². The first kappa shape index (κ1) is 10.8. The van der Waals surface area contributed by atoms with Gasteiger partial charge < -0.3 is 5.32 Å². The molecule has 1 aliphatic carbocycles. The van der Waals surface area contributed by atoms with Crippen molar-refractivity contribution in [3.63, 3.8) is 0 Å². The standard InChI is InChI=1S/C10H11ClN2O/c11-6-9(14)13-8-10(7-12)4-2-1-3-5-10/h1-4H,5-6,8H2,(H,13,14). The second-order valence-electron chi connectivity index (χ2n) is 3.17. The number of carbonyl (C=O) groups excluding carboxylic acids is 1. The summed E-state index contributed by atoms with van der Waals surface area (Å²) in [6, 6.07) is 2.20. The fraction of sp³-hybridized carbons (Fsp3) is 0.400. The number of allylic oxidation sites excluding steroid dienone is 3. The Morgan fingerprint density at radius 1 is 1.64 bits per heavy atom. The molecule has 1 N–H and O–H groups in total. The van der Waals surface area contributed by atoms with E-state index >= 15 is 0 Å². The van der Waals surface area contributed by atoms with Crippen molar-refractivity contribution in [3.05, 3.63) is 24.3 Å². The Kier molecular flexibility index (Phi) is 3.73. The lowest BCUT2D eigenvalue weighted by atomic mass is 9.83. The third-order valence-corrected chi connectivity index (χ3v) is 2.33. The van der Waals surface area contributed by atoms with Crippen LogP contribution in [0.4, 0.5) is 0 Å². The zero-order valence-electron chi connectivity index (χ0n) is 7.66. The van der Waals surface area contributed by atoms with E-state index in [4.69, 9.17) is 16.9 Å². The Morgan fingerprint density at radius 2 is 2.43 bits per heavy atom. The molecule has 0 bridgehead atoms. The van der Waals surface area contributed by atoms with Crippen molar-refractivity contribution >= 4 is 17.5 Å². The van der Waals surface area contributed by atoms with Crippen LogP contribution >= 0.6 is 11.6 Å². The number of amides is 1. The Bertz CT molecular complexity index is 317. The van der Waals surface area contributed by atoms with Crippen molar-refractivity contribution in [2.75, 3.05) is 12.4 Å². The van der Waals surface area contributed by atoms with Crippen molar-refractivity contribution in [2.24, 2.45) is 5.41 Å².